The van der Waals surface area contributed by atoms with Crippen LogP contribution in [0, 0.1) is 11.3 Å². The van der Waals surface area contributed by atoms with E-state index in [9.17, 15) is 4.79 Å². The second-order valence-corrected chi connectivity index (χ2v) is 5.66. The molecule has 0 amide bonds. The Balaban J connectivity index is 2.49. The second-order valence-electron chi connectivity index (χ2n) is 5.66. The maximum atomic E-state index is 12.1. The molecule has 1 aromatic carbocycles. The number of carbonyl (C=O) groups is 1. The van der Waals surface area contributed by atoms with Crippen LogP contribution in [0.25, 0.3) is 0 Å². The molecule has 0 N–H and O–H groups in total. The van der Waals surface area contributed by atoms with E-state index in [4.69, 9.17) is 4.74 Å². The zero-order valence-corrected chi connectivity index (χ0v) is 11.9. The molecule has 0 saturated carbocycles. The van der Waals surface area contributed by atoms with Gasteiger partial charge in [0, 0.05) is 0 Å². The SMILES string of the molecule is CC[C@@H](C)CC(C)(C)C(=O)OCc1ccccc1. The van der Waals surface area contributed by atoms with Crippen molar-refractivity contribution in [3.05, 3.63) is 35.9 Å². The summed E-state index contributed by atoms with van der Waals surface area (Å²) in [6.45, 7) is 8.62. The highest BCUT2D eigenvalue weighted by molar-refractivity contribution is 5.75. The molecule has 18 heavy (non-hydrogen) atoms. The van der Waals surface area contributed by atoms with E-state index in [-0.39, 0.29) is 5.97 Å². The predicted molar refractivity (Wildman–Crippen MR) is 74.1 cm³/mol. The van der Waals surface area contributed by atoms with Crippen LogP contribution < -0.4 is 0 Å². The first-order valence-corrected chi connectivity index (χ1v) is 6.67. The maximum Gasteiger partial charge on any atom is 0.311 e. The molecule has 100 valence electrons. The van der Waals surface area contributed by atoms with E-state index in [1.54, 1.807) is 0 Å². The van der Waals surface area contributed by atoms with Gasteiger partial charge in [0.1, 0.15) is 6.61 Å². The van der Waals surface area contributed by atoms with E-state index >= 15 is 0 Å². The lowest BCUT2D eigenvalue weighted by Crippen LogP contribution is -2.28. The molecule has 0 radical (unpaired) electrons. The van der Waals surface area contributed by atoms with Crippen molar-refractivity contribution >= 4 is 5.97 Å². The fourth-order valence-electron chi connectivity index (χ4n) is 2.02. The van der Waals surface area contributed by atoms with Gasteiger partial charge < -0.3 is 4.74 Å². The van der Waals surface area contributed by atoms with Crippen LogP contribution in [0.15, 0.2) is 30.3 Å². The van der Waals surface area contributed by atoms with E-state index in [2.05, 4.69) is 13.8 Å². The fraction of sp³-hybridized carbons (Fsp3) is 0.562. The summed E-state index contributed by atoms with van der Waals surface area (Å²) in [5.41, 5.74) is 0.634. The summed E-state index contributed by atoms with van der Waals surface area (Å²) < 4.78 is 5.40. The third-order valence-corrected chi connectivity index (χ3v) is 3.32. The molecule has 2 nitrogen and oxygen atoms in total. The van der Waals surface area contributed by atoms with Crippen LogP contribution in [-0.4, -0.2) is 5.97 Å². The first kappa shape index (κ1) is 14.7. The lowest BCUT2D eigenvalue weighted by atomic mass is 9.82. The van der Waals surface area contributed by atoms with Gasteiger partial charge in [-0.2, -0.15) is 0 Å². The summed E-state index contributed by atoms with van der Waals surface area (Å²) in [6, 6.07) is 9.79. The molecule has 0 unspecified atom stereocenters. The van der Waals surface area contributed by atoms with Crippen molar-refractivity contribution in [3.63, 3.8) is 0 Å². The third-order valence-electron chi connectivity index (χ3n) is 3.32. The van der Waals surface area contributed by atoms with Crippen LogP contribution in [0.5, 0.6) is 0 Å². The molecular weight excluding hydrogens is 224 g/mol. The molecule has 0 saturated heterocycles. The Morgan fingerprint density at radius 2 is 1.89 bits per heavy atom. The second kappa shape index (κ2) is 6.58. The Bertz CT molecular complexity index is 368. The van der Waals surface area contributed by atoms with Gasteiger partial charge in [0.15, 0.2) is 0 Å². The minimum atomic E-state index is -0.399. The molecule has 1 aromatic rings. The van der Waals surface area contributed by atoms with Gasteiger partial charge in [0.2, 0.25) is 0 Å². The Morgan fingerprint density at radius 3 is 2.44 bits per heavy atom. The zero-order chi connectivity index (χ0) is 13.6. The van der Waals surface area contributed by atoms with Crippen LogP contribution in [-0.2, 0) is 16.1 Å². The number of hydrogen-bond donors (Lipinski definition) is 0. The van der Waals surface area contributed by atoms with Crippen molar-refractivity contribution in [2.24, 2.45) is 11.3 Å². The van der Waals surface area contributed by atoms with Gasteiger partial charge in [-0.05, 0) is 31.7 Å². The number of esters is 1. The molecule has 0 bridgehead atoms. The van der Waals surface area contributed by atoms with Gasteiger partial charge in [0.05, 0.1) is 5.41 Å². The number of hydrogen-bond acceptors (Lipinski definition) is 2. The highest BCUT2D eigenvalue weighted by Gasteiger charge is 2.30. The van der Waals surface area contributed by atoms with Gasteiger partial charge in [0.25, 0.3) is 0 Å². The van der Waals surface area contributed by atoms with E-state index in [0.717, 1.165) is 18.4 Å². The average Bonchev–Trinajstić information content (AvgIpc) is 2.36. The number of benzene rings is 1. The first-order valence-electron chi connectivity index (χ1n) is 6.67. The van der Waals surface area contributed by atoms with Crippen LogP contribution in [0.3, 0.4) is 0 Å². The number of rotatable bonds is 6. The van der Waals surface area contributed by atoms with Crippen LogP contribution >= 0.6 is 0 Å². The van der Waals surface area contributed by atoms with E-state index in [1.165, 1.54) is 0 Å². The van der Waals surface area contributed by atoms with Gasteiger partial charge in [-0.3, -0.25) is 4.79 Å². The largest absolute Gasteiger partial charge is 0.460 e. The Morgan fingerprint density at radius 1 is 1.28 bits per heavy atom. The summed E-state index contributed by atoms with van der Waals surface area (Å²) in [6.07, 6.45) is 1.96. The number of carbonyl (C=O) groups excluding carboxylic acids is 1. The van der Waals surface area contributed by atoms with Gasteiger partial charge in [-0.25, -0.2) is 0 Å². The summed E-state index contributed by atoms with van der Waals surface area (Å²) >= 11 is 0. The van der Waals surface area contributed by atoms with E-state index < -0.39 is 5.41 Å². The van der Waals surface area contributed by atoms with Crippen LogP contribution in [0.1, 0.15) is 46.1 Å². The fourth-order valence-corrected chi connectivity index (χ4v) is 2.02. The molecule has 1 atom stereocenters. The molecule has 0 aliphatic heterocycles. The standard InChI is InChI=1S/C16H24O2/c1-5-13(2)11-16(3,4)15(17)18-12-14-9-7-6-8-10-14/h6-10,13H,5,11-12H2,1-4H3/t13-/m1/s1. The molecule has 2 heteroatoms. The molecule has 0 aromatic heterocycles. The van der Waals surface area contributed by atoms with Gasteiger partial charge in [-0.1, -0.05) is 50.6 Å². The molecule has 0 aliphatic carbocycles. The minimum absolute atomic E-state index is 0.105. The smallest absolute Gasteiger partial charge is 0.311 e. The highest BCUT2D eigenvalue weighted by Crippen LogP contribution is 2.28. The Kier molecular flexibility index (Phi) is 5.39. The highest BCUT2D eigenvalue weighted by atomic mass is 16.5. The average molecular weight is 248 g/mol. The van der Waals surface area contributed by atoms with Gasteiger partial charge >= 0.3 is 5.97 Å². The Hall–Kier alpha value is -1.31. The van der Waals surface area contributed by atoms with Crippen LogP contribution in [0.4, 0.5) is 0 Å². The molecule has 0 spiro atoms. The zero-order valence-electron chi connectivity index (χ0n) is 11.9. The first-order chi connectivity index (χ1) is 8.45. The monoisotopic (exact) mass is 248 g/mol. The predicted octanol–water partition coefficient (Wildman–Crippen LogP) is 4.19. The lowest BCUT2D eigenvalue weighted by Gasteiger charge is -2.25. The summed E-state index contributed by atoms with van der Waals surface area (Å²) in [7, 11) is 0. The van der Waals surface area contributed by atoms with Gasteiger partial charge in [-0.15, -0.1) is 0 Å². The normalized spacial score (nSPS) is 13.1. The quantitative estimate of drug-likeness (QED) is 0.705. The van der Waals surface area contributed by atoms with Crippen molar-refractivity contribution in [1.29, 1.82) is 0 Å². The molecule has 0 fully saturated rings. The maximum absolute atomic E-state index is 12.1. The Labute approximate surface area is 110 Å². The minimum Gasteiger partial charge on any atom is -0.460 e. The molecule has 0 aliphatic rings. The van der Waals surface area contributed by atoms with Crippen molar-refractivity contribution in [2.45, 2.75) is 47.1 Å². The van der Waals surface area contributed by atoms with Crippen molar-refractivity contribution in [1.82, 2.24) is 0 Å². The summed E-state index contributed by atoms with van der Waals surface area (Å²) in [5.74, 6) is 0.441. The third kappa shape index (κ3) is 4.52. The van der Waals surface area contributed by atoms with E-state index in [1.807, 2.05) is 44.2 Å². The summed E-state index contributed by atoms with van der Waals surface area (Å²) in [4.78, 5) is 12.1. The number of ether oxygens (including phenoxy) is 1. The molecule has 1 rings (SSSR count). The molecule has 0 heterocycles. The topological polar surface area (TPSA) is 26.3 Å². The van der Waals surface area contributed by atoms with E-state index in [0.29, 0.717) is 12.5 Å². The van der Waals surface area contributed by atoms with Crippen molar-refractivity contribution in [2.75, 3.05) is 0 Å². The van der Waals surface area contributed by atoms with Crippen molar-refractivity contribution in [3.8, 4) is 0 Å². The summed E-state index contributed by atoms with van der Waals surface area (Å²) in [5, 5.41) is 0. The molecular formula is C16H24O2. The van der Waals surface area contributed by atoms with Crippen LogP contribution in [0.2, 0.25) is 0 Å². The van der Waals surface area contributed by atoms with Crippen molar-refractivity contribution < 1.29 is 9.53 Å². The lowest BCUT2D eigenvalue weighted by molar-refractivity contribution is -0.156.